The van der Waals surface area contributed by atoms with E-state index in [2.05, 4.69) is 5.32 Å². The number of rotatable bonds is 13. The Balaban J connectivity index is 1.49. The first-order valence-electron chi connectivity index (χ1n) is 14.6. The molecule has 1 unspecified atom stereocenters. The van der Waals surface area contributed by atoms with Crippen LogP contribution in [0.15, 0.2) is 77.1 Å². The molecule has 0 saturated carbocycles. The van der Waals surface area contributed by atoms with Gasteiger partial charge in [0.05, 0.1) is 23.8 Å². The second-order valence-electron chi connectivity index (χ2n) is 10.2. The third-order valence-electron chi connectivity index (χ3n) is 7.12. The van der Waals surface area contributed by atoms with Crippen LogP contribution in [-0.2, 0) is 21.9 Å². The number of ether oxygens (including phenoxy) is 3. The number of allylic oxidation sites excluding steroid dienone is 1. The summed E-state index contributed by atoms with van der Waals surface area (Å²) < 4.78 is 33.7. The molecule has 0 fully saturated rings. The minimum absolute atomic E-state index is 0.0917. The maximum Gasteiger partial charge on any atom is 0.338 e. The molecule has 0 spiro atoms. The maximum atomic E-state index is 14.4. The first kappa shape index (κ1) is 32.7. The van der Waals surface area contributed by atoms with E-state index in [1.54, 1.807) is 28.9 Å². The van der Waals surface area contributed by atoms with Crippen LogP contribution in [0, 0.1) is 5.82 Å². The van der Waals surface area contributed by atoms with Crippen LogP contribution >= 0.6 is 35.0 Å². The van der Waals surface area contributed by atoms with Crippen LogP contribution in [0.1, 0.15) is 56.3 Å². The Kier molecular flexibility index (Phi) is 10.9. The Hall–Kier alpha value is -3.73. The zero-order valence-corrected chi connectivity index (χ0v) is 27.4. The van der Waals surface area contributed by atoms with Crippen LogP contribution in [0.5, 0.6) is 11.5 Å². The lowest BCUT2D eigenvalue weighted by Gasteiger charge is -2.28. The largest absolute Gasteiger partial charge is 0.490 e. The normalized spacial score (nSPS) is 14.1. The number of hydrogen-bond donors (Lipinski definition) is 1. The number of thioether (sulfide) groups is 1. The summed E-state index contributed by atoms with van der Waals surface area (Å²) in [5.41, 5.74) is 2.92. The Labute approximate surface area is 275 Å². The summed E-state index contributed by atoms with van der Waals surface area (Å²) in [5.74, 6) is 0.969. The molecule has 1 N–H and O–H groups in total. The van der Waals surface area contributed by atoms with Gasteiger partial charge in [-0.2, -0.15) is 4.98 Å². The minimum Gasteiger partial charge on any atom is -0.490 e. The number of esters is 1. The van der Waals surface area contributed by atoms with E-state index in [4.69, 9.17) is 47.5 Å². The van der Waals surface area contributed by atoms with Crippen LogP contribution in [0.2, 0.25) is 10.0 Å². The first-order valence-corrected chi connectivity index (χ1v) is 16.3. The van der Waals surface area contributed by atoms with Crippen LogP contribution in [0.3, 0.4) is 0 Å². The van der Waals surface area contributed by atoms with E-state index in [1.807, 2.05) is 51.1 Å². The SMILES string of the molecule is CCCCOC(=O)C1=C(C)Nc2nc(SCc3ccccc3Cl)nn2C1c1ccc(OCc2c(F)cccc2Cl)c(OCC)c1. The molecular formula is C33H33Cl2FN4O4S. The van der Waals surface area contributed by atoms with Crippen LogP contribution < -0.4 is 14.8 Å². The van der Waals surface area contributed by atoms with E-state index in [0.717, 1.165) is 18.4 Å². The Morgan fingerprint density at radius 1 is 1.04 bits per heavy atom. The second kappa shape index (κ2) is 15.0. The van der Waals surface area contributed by atoms with Gasteiger partial charge in [-0.3, -0.25) is 0 Å². The molecule has 0 amide bonds. The zero-order chi connectivity index (χ0) is 31.9. The number of halogens is 3. The molecule has 1 atom stereocenters. The van der Waals surface area contributed by atoms with Gasteiger partial charge in [0, 0.05) is 22.0 Å². The highest BCUT2D eigenvalue weighted by Crippen LogP contribution is 2.40. The fraction of sp³-hybridized carbons (Fsp3) is 0.303. The lowest BCUT2D eigenvalue weighted by molar-refractivity contribution is -0.139. The second-order valence-corrected chi connectivity index (χ2v) is 12.0. The summed E-state index contributed by atoms with van der Waals surface area (Å²) in [4.78, 5) is 18.2. The lowest BCUT2D eigenvalue weighted by atomic mass is 9.95. The number of carbonyl (C=O) groups excluding carboxylic acids is 1. The highest BCUT2D eigenvalue weighted by Gasteiger charge is 2.36. The summed E-state index contributed by atoms with van der Waals surface area (Å²) in [6.45, 7) is 6.27. The topological polar surface area (TPSA) is 87.5 Å². The van der Waals surface area contributed by atoms with Gasteiger partial charge in [0.15, 0.2) is 11.5 Å². The smallest absolute Gasteiger partial charge is 0.338 e. The van der Waals surface area contributed by atoms with Gasteiger partial charge in [-0.15, -0.1) is 5.10 Å². The van der Waals surface area contributed by atoms with Crippen molar-refractivity contribution in [1.82, 2.24) is 14.8 Å². The lowest BCUT2D eigenvalue weighted by Crippen LogP contribution is -2.30. The quantitative estimate of drug-likeness (QED) is 0.0859. The third-order valence-corrected chi connectivity index (χ3v) is 8.73. The molecule has 0 bridgehead atoms. The van der Waals surface area contributed by atoms with Gasteiger partial charge < -0.3 is 19.5 Å². The molecule has 0 saturated heterocycles. The fourth-order valence-corrected chi connectivity index (χ4v) is 6.14. The van der Waals surface area contributed by atoms with Crippen LogP contribution in [0.25, 0.3) is 0 Å². The number of hydrogen-bond acceptors (Lipinski definition) is 8. The van der Waals surface area contributed by atoms with Gasteiger partial charge in [0.25, 0.3) is 0 Å². The van der Waals surface area contributed by atoms with Crippen molar-refractivity contribution in [1.29, 1.82) is 0 Å². The molecule has 3 aromatic carbocycles. The Bertz CT molecular complexity index is 1690. The molecule has 2 heterocycles. The predicted molar refractivity (Wildman–Crippen MR) is 175 cm³/mol. The number of nitrogens with zero attached hydrogens (tertiary/aromatic N) is 3. The number of benzene rings is 3. The predicted octanol–water partition coefficient (Wildman–Crippen LogP) is 8.63. The maximum absolute atomic E-state index is 14.4. The number of carbonyl (C=O) groups is 1. The number of anilines is 1. The van der Waals surface area contributed by atoms with E-state index >= 15 is 0 Å². The van der Waals surface area contributed by atoms with Crippen molar-refractivity contribution in [3.8, 4) is 11.5 Å². The number of fused-ring (bicyclic) bond motifs is 1. The van der Waals surface area contributed by atoms with E-state index < -0.39 is 17.8 Å². The molecule has 45 heavy (non-hydrogen) atoms. The first-order chi connectivity index (χ1) is 21.8. The van der Waals surface area contributed by atoms with E-state index in [9.17, 15) is 9.18 Å². The van der Waals surface area contributed by atoms with Gasteiger partial charge >= 0.3 is 5.97 Å². The summed E-state index contributed by atoms with van der Waals surface area (Å²) in [6, 6.07) is 16.8. The van der Waals surface area contributed by atoms with Crippen molar-refractivity contribution < 1.29 is 23.4 Å². The van der Waals surface area contributed by atoms with Crippen molar-refractivity contribution in [3.05, 3.63) is 104 Å². The molecule has 1 aliphatic rings. The summed E-state index contributed by atoms with van der Waals surface area (Å²) in [6.07, 6.45) is 1.64. The average molecular weight is 672 g/mol. The minimum atomic E-state index is -0.674. The summed E-state index contributed by atoms with van der Waals surface area (Å²) in [7, 11) is 0. The molecule has 8 nitrogen and oxygen atoms in total. The fourth-order valence-electron chi connectivity index (χ4n) is 4.81. The number of unbranched alkanes of at least 4 members (excludes halogenated alkanes) is 1. The molecule has 1 aliphatic heterocycles. The average Bonchev–Trinajstić information content (AvgIpc) is 3.42. The molecule has 0 aliphatic carbocycles. The zero-order valence-electron chi connectivity index (χ0n) is 25.1. The molecule has 4 aromatic rings. The molecular weight excluding hydrogens is 638 g/mol. The van der Waals surface area contributed by atoms with E-state index in [-0.39, 0.29) is 17.2 Å². The summed E-state index contributed by atoms with van der Waals surface area (Å²) in [5, 5.41) is 9.50. The highest BCUT2D eigenvalue weighted by atomic mass is 35.5. The van der Waals surface area contributed by atoms with Crippen molar-refractivity contribution in [2.24, 2.45) is 0 Å². The van der Waals surface area contributed by atoms with E-state index in [1.165, 1.54) is 17.8 Å². The Morgan fingerprint density at radius 3 is 2.60 bits per heavy atom. The van der Waals surface area contributed by atoms with Crippen LogP contribution in [0.4, 0.5) is 10.3 Å². The monoisotopic (exact) mass is 670 g/mol. The molecule has 236 valence electrons. The Morgan fingerprint density at radius 2 is 1.84 bits per heavy atom. The van der Waals surface area contributed by atoms with Crippen LogP contribution in [-0.4, -0.2) is 33.9 Å². The third kappa shape index (κ3) is 7.57. The van der Waals surface area contributed by atoms with Gasteiger partial charge in [-0.25, -0.2) is 13.9 Å². The molecule has 5 rings (SSSR count). The van der Waals surface area contributed by atoms with Gasteiger partial charge in [0.1, 0.15) is 18.5 Å². The van der Waals surface area contributed by atoms with Gasteiger partial charge in [-0.05, 0) is 61.7 Å². The molecule has 0 radical (unpaired) electrons. The van der Waals surface area contributed by atoms with Crippen molar-refractivity contribution in [2.45, 2.75) is 57.2 Å². The van der Waals surface area contributed by atoms with Crippen molar-refractivity contribution in [2.75, 3.05) is 18.5 Å². The number of aromatic nitrogens is 3. The van der Waals surface area contributed by atoms with Crippen molar-refractivity contribution in [3.63, 3.8) is 0 Å². The summed E-state index contributed by atoms with van der Waals surface area (Å²) >= 11 is 14.0. The van der Waals surface area contributed by atoms with Crippen molar-refractivity contribution >= 4 is 46.9 Å². The highest BCUT2D eigenvalue weighted by molar-refractivity contribution is 7.98. The van der Waals surface area contributed by atoms with Gasteiger partial charge in [0.2, 0.25) is 11.1 Å². The van der Waals surface area contributed by atoms with E-state index in [0.29, 0.717) is 63.4 Å². The molecule has 1 aromatic heterocycles. The van der Waals surface area contributed by atoms with Gasteiger partial charge in [-0.1, -0.05) is 78.6 Å². The standard InChI is InChI=1S/C33H33Cl2FN4O4S/c1-4-6-16-43-31(41)29-20(3)37-32-38-33(45-19-22-10-7-8-11-24(22)34)39-40(32)30(29)21-14-15-27(28(17-21)42-5-2)44-18-23-25(35)12-9-13-26(23)36/h7-15,17,30H,4-6,16,18-19H2,1-3H3,(H,37,38,39). The number of nitrogens with one attached hydrogen (secondary N) is 1. The molecule has 12 heteroatoms.